The highest BCUT2D eigenvalue weighted by molar-refractivity contribution is 7.89. The maximum atomic E-state index is 12.4. The lowest BCUT2D eigenvalue weighted by atomic mass is 10.2. The second kappa shape index (κ2) is 6.69. The first-order valence-corrected chi connectivity index (χ1v) is 7.40. The first-order chi connectivity index (χ1) is 9.34. The molecule has 8 heteroatoms. The number of benzene rings is 1. The van der Waals surface area contributed by atoms with Crippen molar-refractivity contribution in [2.24, 2.45) is 0 Å². The molecule has 0 aromatic heterocycles. The summed E-state index contributed by atoms with van der Waals surface area (Å²) in [5, 5.41) is 8.84. The van der Waals surface area contributed by atoms with E-state index in [0.717, 1.165) is 6.07 Å². The van der Waals surface area contributed by atoms with Crippen LogP contribution in [0.1, 0.15) is 17.3 Å². The van der Waals surface area contributed by atoms with Crippen LogP contribution >= 0.6 is 0 Å². The fourth-order valence-corrected chi connectivity index (χ4v) is 3.23. The minimum absolute atomic E-state index is 0.0543. The van der Waals surface area contributed by atoms with Crippen LogP contribution in [-0.2, 0) is 14.8 Å². The van der Waals surface area contributed by atoms with Crippen molar-refractivity contribution in [3.8, 4) is 0 Å². The van der Waals surface area contributed by atoms with E-state index in [1.807, 2.05) is 0 Å². The molecular formula is C12H18N2O5S. The van der Waals surface area contributed by atoms with Gasteiger partial charge in [0.2, 0.25) is 10.0 Å². The molecule has 3 N–H and O–H groups in total. The molecule has 0 atom stereocenters. The van der Waals surface area contributed by atoms with Crippen LogP contribution in [0.15, 0.2) is 23.1 Å². The van der Waals surface area contributed by atoms with Gasteiger partial charge in [-0.25, -0.2) is 13.2 Å². The molecular weight excluding hydrogens is 284 g/mol. The van der Waals surface area contributed by atoms with Crippen LogP contribution in [0.4, 0.5) is 5.69 Å². The molecule has 0 bridgehead atoms. The van der Waals surface area contributed by atoms with E-state index in [2.05, 4.69) is 0 Å². The Morgan fingerprint density at radius 3 is 2.55 bits per heavy atom. The molecule has 0 spiro atoms. The van der Waals surface area contributed by atoms with E-state index < -0.39 is 16.0 Å². The number of hydrogen-bond acceptors (Lipinski definition) is 5. The SMILES string of the molecule is CCN(CCOC)S(=O)(=O)c1ccc(C(=O)O)cc1N. The fourth-order valence-electron chi connectivity index (χ4n) is 1.70. The Bertz CT molecular complexity index is 586. The number of carboxylic acids is 1. The summed E-state index contributed by atoms with van der Waals surface area (Å²) in [5.74, 6) is -1.16. The van der Waals surface area contributed by atoms with Crippen LogP contribution in [0.2, 0.25) is 0 Å². The predicted molar refractivity (Wildman–Crippen MR) is 74.1 cm³/mol. The quantitative estimate of drug-likeness (QED) is 0.715. The molecule has 0 saturated heterocycles. The van der Waals surface area contributed by atoms with Gasteiger partial charge >= 0.3 is 5.97 Å². The van der Waals surface area contributed by atoms with Crippen molar-refractivity contribution in [2.75, 3.05) is 32.5 Å². The summed E-state index contributed by atoms with van der Waals surface area (Å²) in [7, 11) is -2.28. The molecule has 0 fully saturated rings. The van der Waals surface area contributed by atoms with Crippen molar-refractivity contribution in [3.63, 3.8) is 0 Å². The molecule has 0 saturated carbocycles. The van der Waals surface area contributed by atoms with Crippen LogP contribution in [0, 0.1) is 0 Å². The van der Waals surface area contributed by atoms with Gasteiger partial charge in [-0.1, -0.05) is 6.92 Å². The van der Waals surface area contributed by atoms with Crippen molar-refractivity contribution >= 4 is 21.7 Å². The third kappa shape index (κ3) is 3.47. The molecule has 20 heavy (non-hydrogen) atoms. The van der Waals surface area contributed by atoms with E-state index in [1.165, 1.54) is 23.5 Å². The molecule has 0 aliphatic rings. The third-order valence-corrected chi connectivity index (χ3v) is 4.82. The minimum atomic E-state index is -3.76. The monoisotopic (exact) mass is 302 g/mol. The summed E-state index contributed by atoms with van der Waals surface area (Å²) < 4.78 is 30.9. The van der Waals surface area contributed by atoms with Gasteiger partial charge in [-0.3, -0.25) is 0 Å². The van der Waals surface area contributed by atoms with E-state index in [1.54, 1.807) is 6.92 Å². The Kier molecular flexibility index (Phi) is 5.49. The normalized spacial score (nSPS) is 11.8. The average Bonchev–Trinajstić information content (AvgIpc) is 2.38. The number of nitrogens with zero attached hydrogens (tertiary/aromatic N) is 1. The lowest BCUT2D eigenvalue weighted by molar-refractivity contribution is 0.0697. The molecule has 0 unspecified atom stereocenters. The van der Waals surface area contributed by atoms with E-state index in [9.17, 15) is 13.2 Å². The van der Waals surface area contributed by atoms with Crippen LogP contribution in [0.3, 0.4) is 0 Å². The van der Waals surface area contributed by atoms with E-state index in [0.29, 0.717) is 0 Å². The Balaban J connectivity index is 3.17. The van der Waals surface area contributed by atoms with Gasteiger partial charge < -0.3 is 15.6 Å². The second-order valence-electron chi connectivity index (χ2n) is 4.05. The number of ether oxygens (including phenoxy) is 1. The molecule has 7 nitrogen and oxygen atoms in total. The zero-order chi connectivity index (χ0) is 15.3. The van der Waals surface area contributed by atoms with Gasteiger partial charge in [0.1, 0.15) is 4.90 Å². The van der Waals surface area contributed by atoms with E-state index in [-0.39, 0.29) is 35.8 Å². The standard InChI is InChI=1S/C12H18N2O5S/c1-3-14(6-7-19-2)20(17,18)11-5-4-9(12(15)16)8-10(11)13/h4-5,8H,3,6-7,13H2,1-2H3,(H,15,16). The fraction of sp³-hybridized carbons (Fsp3) is 0.417. The third-order valence-electron chi connectivity index (χ3n) is 2.77. The molecule has 1 aromatic carbocycles. The number of aromatic carboxylic acids is 1. The van der Waals surface area contributed by atoms with Crippen molar-refractivity contribution < 1.29 is 23.1 Å². The van der Waals surface area contributed by atoms with Gasteiger partial charge in [0.25, 0.3) is 0 Å². The Morgan fingerprint density at radius 2 is 2.10 bits per heavy atom. The summed E-state index contributed by atoms with van der Waals surface area (Å²) >= 11 is 0. The van der Waals surface area contributed by atoms with Crippen LogP contribution < -0.4 is 5.73 Å². The number of methoxy groups -OCH3 is 1. The highest BCUT2D eigenvalue weighted by Gasteiger charge is 2.25. The van der Waals surface area contributed by atoms with Crippen molar-refractivity contribution in [2.45, 2.75) is 11.8 Å². The second-order valence-corrected chi connectivity index (χ2v) is 5.95. The smallest absolute Gasteiger partial charge is 0.335 e. The molecule has 112 valence electrons. The molecule has 1 aromatic rings. The van der Waals surface area contributed by atoms with Crippen molar-refractivity contribution in [1.82, 2.24) is 4.31 Å². The maximum Gasteiger partial charge on any atom is 0.335 e. The number of sulfonamides is 1. The number of likely N-dealkylation sites (N-methyl/N-ethyl adjacent to an activating group) is 1. The van der Waals surface area contributed by atoms with Gasteiger partial charge in [-0.05, 0) is 18.2 Å². The molecule has 0 heterocycles. The predicted octanol–water partition coefficient (Wildman–Crippen LogP) is 0.624. The Hall–Kier alpha value is -1.64. The largest absolute Gasteiger partial charge is 0.478 e. The lowest BCUT2D eigenvalue weighted by Gasteiger charge is -2.21. The van der Waals surface area contributed by atoms with E-state index >= 15 is 0 Å². The first-order valence-electron chi connectivity index (χ1n) is 5.96. The Labute approximate surface area is 118 Å². The zero-order valence-corrected chi connectivity index (χ0v) is 12.2. The van der Waals surface area contributed by atoms with E-state index in [4.69, 9.17) is 15.6 Å². The van der Waals surface area contributed by atoms with Crippen molar-refractivity contribution in [3.05, 3.63) is 23.8 Å². The summed E-state index contributed by atoms with van der Waals surface area (Å²) in [6.45, 7) is 2.44. The highest BCUT2D eigenvalue weighted by atomic mass is 32.2. The maximum absolute atomic E-state index is 12.4. The minimum Gasteiger partial charge on any atom is -0.478 e. The lowest BCUT2D eigenvalue weighted by Crippen LogP contribution is -2.34. The summed E-state index contributed by atoms with van der Waals surface area (Å²) in [6, 6.07) is 3.57. The highest BCUT2D eigenvalue weighted by Crippen LogP contribution is 2.23. The molecule has 1 rings (SSSR count). The van der Waals surface area contributed by atoms with Crippen LogP contribution in [0.5, 0.6) is 0 Å². The summed E-state index contributed by atoms with van der Waals surface area (Å²) in [4.78, 5) is 10.7. The van der Waals surface area contributed by atoms with Crippen molar-refractivity contribution in [1.29, 1.82) is 0 Å². The van der Waals surface area contributed by atoms with Crippen LogP contribution in [0.25, 0.3) is 0 Å². The van der Waals surface area contributed by atoms with Crippen LogP contribution in [-0.4, -0.2) is 50.6 Å². The number of carboxylic acid groups (broad SMARTS) is 1. The number of hydrogen-bond donors (Lipinski definition) is 2. The molecule has 0 amide bonds. The zero-order valence-electron chi connectivity index (χ0n) is 11.4. The summed E-state index contributed by atoms with van der Waals surface area (Å²) in [5.41, 5.74) is 5.53. The summed E-state index contributed by atoms with van der Waals surface area (Å²) in [6.07, 6.45) is 0. The Morgan fingerprint density at radius 1 is 1.45 bits per heavy atom. The average molecular weight is 302 g/mol. The topological polar surface area (TPSA) is 110 Å². The molecule has 0 aliphatic carbocycles. The number of rotatable bonds is 7. The van der Waals surface area contributed by atoms with Gasteiger partial charge in [-0.15, -0.1) is 0 Å². The first kappa shape index (κ1) is 16.4. The number of nitrogen functional groups attached to an aromatic ring is 1. The van der Waals surface area contributed by atoms with Gasteiger partial charge in [0.15, 0.2) is 0 Å². The molecule has 0 aliphatic heterocycles. The number of carbonyl (C=O) groups is 1. The number of nitrogens with two attached hydrogens (primary N) is 1. The number of anilines is 1. The van der Waals surface area contributed by atoms with Gasteiger partial charge in [0.05, 0.1) is 17.9 Å². The molecule has 0 radical (unpaired) electrons. The van der Waals surface area contributed by atoms with Gasteiger partial charge in [-0.2, -0.15) is 4.31 Å². The van der Waals surface area contributed by atoms with Gasteiger partial charge in [0, 0.05) is 20.2 Å².